The van der Waals surface area contributed by atoms with E-state index in [2.05, 4.69) is 11.6 Å². The van der Waals surface area contributed by atoms with Crippen LogP contribution in [-0.4, -0.2) is 32.1 Å². The molecular formula is C36H47NO5S. The maximum absolute atomic E-state index is 13.5. The molecule has 1 aliphatic carbocycles. The number of aliphatic hydroxyl groups excluding tert-OH is 1. The van der Waals surface area contributed by atoms with Gasteiger partial charge in [0.1, 0.15) is 12.1 Å². The van der Waals surface area contributed by atoms with Crippen molar-refractivity contribution in [3.8, 4) is 11.1 Å². The van der Waals surface area contributed by atoms with Gasteiger partial charge >= 0.3 is 5.97 Å². The van der Waals surface area contributed by atoms with Gasteiger partial charge in [-0.25, -0.2) is 8.42 Å². The van der Waals surface area contributed by atoms with Crippen molar-refractivity contribution in [3.05, 3.63) is 89.5 Å². The lowest BCUT2D eigenvalue weighted by Crippen LogP contribution is -2.46. The fourth-order valence-electron chi connectivity index (χ4n) is 5.81. The molecule has 0 radical (unpaired) electrons. The van der Waals surface area contributed by atoms with Crippen molar-refractivity contribution in [3.63, 3.8) is 0 Å². The smallest absolute Gasteiger partial charge is 0.327 e. The molecule has 0 amide bonds. The van der Waals surface area contributed by atoms with Crippen LogP contribution in [0.2, 0.25) is 0 Å². The van der Waals surface area contributed by atoms with Crippen molar-refractivity contribution in [2.75, 3.05) is 6.61 Å². The summed E-state index contributed by atoms with van der Waals surface area (Å²) in [6.07, 6.45) is 13.6. The minimum atomic E-state index is -4.13. The standard InChI is InChI=1S/C36H47NO5S/c1-2-3-4-5-6-7-8-9-10-11-12-18-25-42-36(39)34(35(38)28-19-14-13-15-20-28)37-43(40,41)31-23-24-33-30(27-31)26-29-21-16-17-22-32(29)33/h13-17,19-24,27,34-35,37-38H,2-12,18,25-26H2,1H3. The van der Waals surface area contributed by atoms with Gasteiger partial charge in [-0.3, -0.25) is 4.79 Å². The van der Waals surface area contributed by atoms with Gasteiger partial charge in [-0.05, 0) is 52.8 Å². The van der Waals surface area contributed by atoms with E-state index in [0.717, 1.165) is 35.1 Å². The fourth-order valence-corrected chi connectivity index (χ4v) is 7.05. The van der Waals surface area contributed by atoms with Gasteiger partial charge in [-0.2, -0.15) is 4.72 Å². The van der Waals surface area contributed by atoms with Crippen molar-refractivity contribution >= 4 is 16.0 Å². The monoisotopic (exact) mass is 605 g/mol. The average molecular weight is 606 g/mol. The minimum absolute atomic E-state index is 0.0538. The first-order chi connectivity index (χ1) is 20.9. The molecule has 3 aromatic carbocycles. The second-order valence-electron chi connectivity index (χ2n) is 11.7. The van der Waals surface area contributed by atoms with Gasteiger partial charge in [0.05, 0.1) is 11.5 Å². The van der Waals surface area contributed by atoms with Crippen LogP contribution in [0.4, 0.5) is 0 Å². The summed E-state index contributed by atoms with van der Waals surface area (Å²) in [5, 5.41) is 11.1. The second kappa shape index (κ2) is 16.7. The lowest BCUT2D eigenvalue weighted by atomic mass is 10.0. The lowest BCUT2D eigenvalue weighted by Gasteiger charge is -2.23. The number of hydrogen-bond acceptors (Lipinski definition) is 5. The van der Waals surface area contributed by atoms with E-state index >= 15 is 0 Å². The van der Waals surface area contributed by atoms with Gasteiger partial charge in [0.2, 0.25) is 10.0 Å². The number of benzene rings is 3. The predicted octanol–water partition coefficient (Wildman–Crippen LogP) is 7.88. The Morgan fingerprint density at radius 1 is 0.767 bits per heavy atom. The molecule has 0 aliphatic heterocycles. The number of nitrogens with one attached hydrogen (secondary N) is 1. The number of rotatable bonds is 19. The summed E-state index contributed by atoms with van der Waals surface area (Å²) in [7, 11) is -4.13. The van der Waals surface area contributed by atoms with E-state index in [9.17, 15) is 18.3 Å². The van der Waals surface area contributed by atoms with Crippen LogP contribution in [0.25, 0.3) is 11.1 Å². The molecule has 2 N–H and O–H groups in total. The molecule has 1 aliphatic rings. The Hall–Kier alpha value is -3.00. The number of fused-ring (bicyclic) bond motifs is 3. The number of carbonyl (C=O) groups excluding carboxylic acids is 1. The van der Waals surface area contributed by atoms with Crippen LogP contribution >= 0.6 is 0 Å². The van der Waals surface area contributed by atoms with E-state index in [4.69, 9.17) is 4.74 Å². The third-order valence-corrected chi connectivity index (χ3v) is 9.75. The molecule has 4 rings (SSSR count). The van der Waals surface area contributed by atoms with Crippen LogP contribution in [-0.2, 0) is 26.0 Å². The van der Waals surface area contributed by atoms with Crippen LogP contribution in [0.15, 0.2) is 77.7 Å². The zero-order valence-corrected chi connectivity index (χ0v) is 26.3. The highest BCUT2D eigenvalue weighted by molar-refractivity contribution is 7.89. The van der Waals surface area contributed by atoms with E-state index in [0.29, 0.717) is 18.4 Å². The minimum Gasteiger partial charge on any atom is -0.464 e. The Bertz CT molecular complexity index is 1410. The Morgan fingerprint density at radius 2 is 1.35 bits per heavy atom. The van der Waals surface area contributed by atoms with E-state index in [1.54, 1.807) is 42.5 Å². The maximum Gasteiger partial charge on any atom is 0.327 e. The third kappa shape index (κ3) is 9.49. The maximum atomic E-state index is 13.5. The molecule has 2 atom stereocenters. The van der Waals surface area contributed by atoms with Gasteiger partial charge in [0.15, 0.2) is 0 Å². The van der Waals surface area contributed by atoms with E-state index < -0.39 is 28.1 Å². The van der Waals surface area contributed by atoms with Gasteiger partial charge < -0.3 is 9.84 Å². The fraction of sp³-hybridized carbons (Fsp3) is 0.472. The first-order valence-corrected chi connectivity index (χ1v) is 17.5. The Labute approximate surface area is 257 Å². The Morgan fingerprint density at radius 3 is 2.02 bits per heavy atom. The summed E-state index contributed by atoms with van der Waals surface area (Å²) in [5.41, 5.74) is 4.62. The molecule has 0 fully saturated rings. The molecule has 0 bridgehead atoms. The molecule has 2 unspecified atom stereocenters. The van der Waals surface area contributed by atoms with Gasteiger partial charge in [-0.1, -0.05) is 138 Å². The molecular weight excluding hydrogens is 558 g/mol. The van der Waals surface area contributed by atoms with Crippen LogP contribution in [0, 0.1) is 0 Å². The number of aliphatic hydroxyl groups is 1. The SMILES string of the molecule is CCCCCCCCCCCCCCOC(=O)C(NS(=O)(=O)c1ccc2c(c1)Cc1ccccc1-2)C(O)c1ccccc1. The van der Waals surface area contributed by atoms with Crippen LogP contribution in [0.3, 0.4) is 0 Å². The highest BCUT2D eigenvalue weighted by Crippen LogP contribution is 2.37. The zero-order valence-electron chi connectivity index (χ0n) is 25.5. The molecule has 0 saturated heterocycles. The number of carbonyl (C=O) groups is 1. The van der Waals surface area contributed by atoms with Crippen LogP contribution < -0.4 is 4.72 Å². The molecule has 43 heavy (non-hydrogen) atoms. The molecule has 7 heteroatoms. The van der Waals surface area contributed by atoms with E-state index in [1.807, 2.05) is 30.3 Å². The van der Waals surface area contributed by atoms with Crippen molar-refractivity contribution < 1.29 is 23.1 Å². The van der Waals surface area contributed by atoms with Crippen molar-refractivity contribution in [1.29, 1.82) is 0 Å². The summed E-state index contributed by atoms with van der Waals surface area (Å²) in [4.78, 5) is 13.2. The Balaban J connectivity index is 1.30. The summed E-state index contributed by atoms with van der Waals surface area (Å²) < 4.78 is 35.0. The predicted molar refractivity (Wildman–Crippen MR) is 172 cm³/mol. The van der Waals surface area contributed by atoms with Crippen molar-refractivity contribution in [1.82, 2.24) is 4.72 Å². The number of ether oxygens (including phenoxy) is 1. The molecule has 0 spiro atoms. The number of hydrogen-bond donors (Lipinski definition) is 2. The number of esters is 1. The first kappa shape index (κ1) is 32.9. The summed E-state index contributed by atoms with van der Waals surface area (Å²) in [6, 6.07) is 20.2. The number of unbranched alkanes of at least 4 members (excludes halogenated alkanes) is 11. The third-order valence-electron chi connectivity index (χ3n) is 8.31. The van der Waals surface area contributed by atoms with Gasteiger partial charge in [-0.15, -0.1) is 0 Å². The highest BCUT2D eigenvalue weighted by Gasteiger charge is 2.34. The highest BCUT2D eigenvalue weighted by atomic mass is 32.2. The zero-order chi connectivity index (χ0) is 30.5. The molecule has 0 heterocycles. The molecule has 0 saturated carbocycles. The van der Waals surface area contributed by atoms with Crippen LogP contribution in [0.1, 0.15) is 107 Å². The Kier molecular flexibility index (Phi) is 12.8. The molecule has 3 aromatic rings. The van der Waals surface area contributed by atoms with Crippen LogP contribution in [0.5, 0.6) is 0 Å². The first-order valence-electron chi connectivity index (χ1n) is 16.0. The quantitative estimate of drug-likeness (QED) is 0.0838. The topological polar surface area (TPSA) is 92.7 Å². The summed E-state index contributed by atoms with van der Waals surface area (Å²) in [5.74, 6) is -0.781. The largest absolute Gasteiger partial charge is 0.464 e. The molecule has 6 nitrogen and oxygen atoms in total. The second-order valence-corrected chi connectivity index (χ2v) is 13.4. The normalized spacial score (nSPS) is 13.7. The van der Waals surface area contributed by atoms with Gasteiger partial charge in [0.25, 0.3) is 0 Å². The van der Waals surface area contributed by atoms with Crippen molar-refractivity contribution in [2.45, 2.75) is 107 Å². The molecule has 232 valence electrons. The lowest BCUT2D eigenvalue weighted by molar-refractivity contribution is -0.148. The number of sulfonamides is 1. The van der Waals surface area contributed by atoms with Crippen molar-refractivity contribution in [2.24, 2.45) is 0 Å². The molecule has 0 aromatic heterocycles. The summed E-state index contributed by atoms with van der Waals surface area (Å²) in [6.45, 7) is 2.43. The average Bonchev–Trinajstić information content (AvgIpc) is 3.40. The summed E-state index contributed by atoms with van der Waals surface area (Å²) >= 11 is 0. The van der Waals surface area contributed by atoms with E-state index in [1.165, 1.54) is 57.8 Å². The van der Waals surface area contributed by atoms with Gasteiger partial charge in [0, 0.05) is 0 Å². The van der Waals surface area contributed by atoms with E-state index in [-0.39, 0.29) is 11.5 Å².